The highest BCUT2D eigenvalue weighted by molar-refractivity contribution is 7.99. The Morgan fingerprint density at radius 2 is 1.61 bits per heavy atom. The monoisotopic (exact) mass is 519 g/mol. The average molecular weight is 520 g/mol. The van der Waals surface area contributed by atoms with Gasteiger partial charge in [0.05, 0.1) is 12.0 Å². The van der Waals surface area contributed by atoms with E-state index in [1.54, 1.807) is 6.21 Å². The first-order valence-electron chi connectivity index (χ1n) is 12.0. The number of thioether (sulfide) groups is 1. The molecule has 0 unspecified atom stereocenters. The highest BCUT2D eigenvalue weighted by Gasteiger charge is 2.17. The predicted molar refractivity (Wildman–Crippen MR) is 151 cm³/mol. The lowest BCUT2D eigenvalue weighted by atomic mass is 10.2. The van der Waals surface area contributed by atoms with Crippen LogP contribution in [-0.2, 0) is 4.79 Å². The molecule has 4 aromatic carbocycles. The van der Waals surface area contributed by atoms with Crippen molar-refractivity contribution in [3.63, 3.8) is 0 Å². The molecular formula is C30H25N5O2S. The van der Waals surface area contributed by atoms with Crippen molar-refractivity contribution in [2.75, 3.05) is 5.75 Å². The van der Waals surface area contributed by atoms with Crippen LogP contribution in [0.3, 0.4) is 0 Å². The van der Waals surface area contributed by atoms with Crippen LogP contribution in [0.5, 0.6) is 11.5 Å². The Kier molecular flexibility index (Phi) is 7.91. The van der Waals surface area contributed by atoms with Crippen LogP contribution >= 0.6 is 11.8 Å². The summed E-state index contributed by atoms with van der Waals surface area (Å²) in [5, 5.41) is 13.5. The second-order valence-corrected chi connectivity index (χ2v) is 9.36. The second kappa shape index (κ2) is 12.0. The predicted octanol–water partition coefficient (Wildman–Crippen LogP) is 6.28. The van der Waals surface area contributed by atoms with E-state index in [4.69, 9.17) is 4.74 Å². The van der Waals surface area contributed by atoms with E-state index in [0.717, 1.165) is 28.1 Å². The third-order valence-electron chi connectivity index (χ3n) is 5.53. The van der Waals surface area contributed by atoms with Gasteiger partial charge in [-0.25, -0.2) is 5.43 Å². The molecule has 0 aliphatic heterocycles. The molecule has 5 rings (SSSR count). The molecule has 7 nitrogen and oxygen atoms in total. The maximum absolute atomic E-state index is 12.6. The summed E-state index contributed by atoms with van der Waals surface area (Å²) in [6, 6.07) is 35.0. The molecule has 0 radical (unpaired) electrons. The summed E-state index contributed by atoms with van der Waals surface area (Å²) < 4.78 is 7.82. The number of hydrogen-bond donors (Lipinski definition) is 1. The van der Waals surface area contributed by atoms with Crippen LogP contribution in [0.25, 0.3) is 17.1 Å². The Bertz CT molecular complexity index is 1530. The van der Waals surface area contributed by atoms with Crippen LogP contribution in [-0.4, -0.2) is 32.6 Å². The molecule has 38 heavy (non-hydrogen) atoms. The van der Waals surface area contributed by atoms with Gasteiger partial charge in [0.1, 0.15) is 11.5 Å². The van der Waals surface area contributed by atoms with Crippen molar-refractivity contribution < 1.29 is 9.53 Å². The van der Waals surface area contributed by atoms with Crippen molar-refractivity contribution in [3.05, 3.63) is 120 Å². The summed E-state index contributed by atoms with van der Waals surface area (Å²) in [5.74, 6) is 2.04. The van der Waals surface area contributed by atoms with Crippen LogP contribution in [0.4, 0.5) is 0 Å². The minimum atomic E-state index is -0.248. The first-order valence-corrected chi connectivity index (χ1v) is 13.0. The lowest BCUT2D eigenvalue weighted by molar-refractivity contribution is -0.118. The molecule has 0 spiro atoms. The van der Waals surface area contributed by atoms with E-state index >= 15 is 0 Å². The van der Waals surface area contributed by atoms with Gasteiger partial charge in [-0.3, -0.25) is 9.36 Å². The molecule has 0 bridgehead atoms. The Hall–Kier alpha value is -4.69. The normalized spacial score (nSPS) is 11.0. The fourth-order valence-electron chi connectivity index (χ4n) is 3.69. The number of rotatable bonds is 9. The summed E-state index contributed by atoms with van der Waals surface area (Å²) in [7, 11) is 0. The number of benzene rings is 4. The van der Waals surface area contributed by atoms with E-state index in [9.17, 15) is 4.79 Å². The Labute approximate surface area is 225 Å². The molecule has 5 aromatic rings. The van der Waals surface area contributed by atoms with Crippen molar-refractivity contribution in [2.45, 2.75) is 12.1 Å². The third kappa shape index (κ3) is 6.35. The van der Waals surface area contributed by atoms with Crippen molar-refractivity contribution in [1.82, 2.24) is 20.2 Å². The lowest BCUT2D eigenvalue weighted by Gasteiger charge is -2.10. The molecule has 0 saturated heterocycles. The summed E-state index contributed by atoms with van der Waals surface area (Å²) in [6.07, 6.45) is 1.59. The molecule has 0 aliphatic rings. The Morgan fingerprint density at radius 1 is 0.895 bits per heavy atom. The number of carbonyl (C=O) groups excluding carboxylic acids is 1. The summed E-state index contributed by atoms with van der Waals surface area (Å²) in [5.41, 5.74) is 6.42. The molecule has 8 heteroatoms. The molecule has 0 saturated carbocycles. The lowest BCUT2D eigenvalue weighted by Crippen LogP contribution is -2.20. The minimum absolute atomic E-state index is 0.132. The van der Waals surface area contributed by atoms with Gasteiger partial charge in [-0.05, 0) is 48.9 Å². The Morgan fingerprint density at radius 3 is 2.37 bits per heavy atom. The van der Waals surface area contributed by atoms with Gasteiger partial charge in [0.15, 0.2) is 11.0 Å². The number of carbonyl (C=O) groups is 1. The maximum atomic E-state index is 12.6. The molecular weight excluding hydrogens is 494 g/mol. The zero-order chi connectivity index (χ0) is 26.2. The molecule has 1 amide bonds. The summed E-state index contributed by atoms with van der Waals surface area (Å²) in [4.78, 5) is 12.6. The van der Waals surface area contributed by atoms with Gasteiger partial charge in [0.2, 0.25) is 0 Å². The Balaban J connectivity index is 1.24. The average Bonchev–Trinajstić information content (AvgIpc) is 3.38. The van der Waals surface area contributed by atoms with Gasteiger partial charge in [-0.2, -0.15) is 5.10 Å². The van der Waals surface area contributed by atoms with Crippen LogP contribution in [0.2, 0.25) is 0 Å². The molecule has 1 heterocycles. The number of hydrogen-bond acceptors (Lipinski definition) is 6. The number of nitrogens with zero attached hydrogens (tertiary/aromatic N) is 4. The van der Waals surface area contributed by atoms with E-state index in [-0.39, 0.29) is 11.7 Å². The van der Waals surface area contributed by atoms with Crippen molar-refractivity contribution in [3.8, 4) is 28.6 Å². The van der Waals surface area contributed by atoms with E-state index in [1.165, 1.54) is 11.8 Å². The highest BCUT2D eigenvalue weighted by Crippen LogP contribution is 2.28. The highest BCUT2D eigenvalue weighted by atomic mass is 32.2. The van der Waals surface area contributed by atoms with E-state index in [0.29, 0.717) is 16.7 Å². The van der Waals surface area contributed by atoms with Gasteiger partial charge < -0.3 is 4.74 Å². The van der Waals surface area contributed by atoms with Gasteiger partial charge in [-0.1, -0.05) is 90.1 Å². The van der Waals surface area contributed by atoms with Crippen molar-refractivity contribution in [1.29, 1.82) is 0 Å². The zero-order valence-electron chi connectivity index (χ0n) is 20.7. The smallest absolute Gasteiger partial charge is 0.250 e. The standard InChI is InChI=1S/C30H25N5O2S/c1-22-15-17-25(18-16-22)35-29(24-10-4-2-5-11-24)33-34-30(35)38-21-28(36)32-31-20-23-9-8-14-27(19-23)37-26-12-6-3-7-13-26/h2-20H,21H2,1H3,(H,32,36)/b31-20-. The van der Waals surface area contributed by atoms with Crippen LogP contribution in [0.1, 0.15) is 11.1 Å². The molecule has 188 valence electrons. The molecule has 0 atom stereocenters. The zero-order valence-corrected chi connectivity index (χ0v) is 21.5. The first kappa shape index (κ1) is 25.0. The third-order valence-corrected chi connectivity index (χ3v) is 6.46. The summed E-state index contributed by atoms with van der Waals surface area (Å²) in [6.45, 7) is 2.04. The molecule has 1 aromatic heterocycles. The largest absolute Gasteiger partial charge is 0.457 e. The molecule has 0 aliphatic carbocycles. The SMILES string of the molecule is Cc1ccc(-n2c(SCC(=O)N/N=C\c3cccc(Oc4ccccc4)c3)nnc2-c2ccccc2)cc1. The van der Waals surface area contributed by atoms with E-state index < -0.39 is 0 Å². The fraction of sp³-hybridized carbons (Fsp3) is 0.0667. The number of amides is 1. The number of nitrogens with one attached hydrogen (secondary N) is 1. The van der Waals surface area contributed by atoms with Crippen LogP contribution in [0, 0.1) is 6.92 Å². The number of aromatic nitrogens is 3. The summed E-state index contributed by atoms with van der Waals surface area (Å²) >= 11 is 1.30. The number of hydrazone groups is 1. The molecule has 1 N–H and O–H groups in total. The van der Waals surface area contributed by atoms with E-state index in [1.807, 2.05) is 121 Å². The van der Waals surface area contributed by atoms with Gasteiger partial charge in [0.25, 0.3) is 5.91 Å². The van der Waals surface area contributed by atoms with Crippen molar-refractivity contribution >= 4 is 23.9 Å². The molecule has 0 fully saturated rings. The first-order chi connectivity index (χ1) is 18.7. The minimum Gasteiger partial charge on any atom is -0.457 e. The number of aryl methyl sites for hydroxylation is 1. The quantitative estimate of drug-likeness (QED) is 0.141. The van der Waals surface area contributed by atoms with Crippen LogP contribution in [0.15, 0.2) is 119 Å². The van der Waals surface area contributed by atoms with Crippen LogP contribution < -0.4 is 10.2 Å². The topological polar surface area (TPSA) is 81.4 Å². The fourth-order valence-corrected chi connectivity index (χ4v) is 4.43. The maximum Gasteiger partial charge on any atom is 0.250 e. The van der Waals surface area contributed by atoms with Crippen molar-refractivity contribution in [2.24, 2.45) is 5.10 Å². The van der Waals surface area contributed by atoms with Gasteiger partial charge in [0, 0.05) is 11.3 Å². The van der Waals surface area contributed by atoms with E-state index in [2.05, 4.69) is 20.7 Å². The number of para-hydroxylation sites is 1. The van der Waals surface area contributed by atoms with Gasteiger partial charge >= 0.3 is 0 Å². The second-order valence-electron chi connectivity index (χ2n) is 8.41. The number of ether oxygens (including phenoxy) is 1. The van der Waals surface area contributed by atoms with Gasteiger partial charge in [-0.15, -0.1) is 10.2 Å².